The lowest BCUT2D eigenvalue weighted by atomic mass is 9.87. The Kier molecular flexibility index (Phi) is 8.12. The molecule has 1 N–H and O–H groups in total. The highest BCUT2D eigenvalue weighted by Gasteiger charge is 2.36. The van der Waals surface area contributed by atoms with Crippen LogP contribution in [0.1, 0.15) is 56.2 Å². The summed E-state index contributed by atoms with van der Waals surface area (Å²) in [5.41, 5.74) is -0.173. The topological polar surface area (TPSA) is 66.8 Å². The van der Waals surface area contributed by atoms with Crippen molar-refractivity contribution in [2.45, 2.75) is 52.6 Å². The number of carboxylic acids is 1. The molecule has 152 valence electrons. The highest BCUT2D eigenvalue weighted by atomic mass is 19.4. The smallest absolute Gasteiger partial charge is 0.419 e. The first-order valence-electron chi connectivity index (χ1n) is 8.91. The molecule has 1 heterocycles. The first kappa shape index (κ1) is 22.8. The van der Waals surface area contributed by atoms with Crippen molar-refractivity contribution in [1.29, 1.82) is 0 Å². The minimum Gasteiger partial charge on any atom is -0.481 e. The van der Waals surface area contributed by atoms with E-state index in [9.17, 15) is 22.8 Å². The number of carbonyl (C=O) groups is 2. The second kappa shape index (κ2) is 9.62. The molecule has 0 saturated carbocycles. The fourth-order valence-corrected chi connectivity index (χ4v) is 3.10. The molecule has 0 radical (unpaired) electrons. The van der Waals surface area contributed by atoms with Crippen LogP contribution in [0.5, 0.6) is 5.75 Å². The number of alkyl halides is 3. The number of carbonyl (C=O) groups excluding carboxylic acids is 1. The predicted molar refractivity (Wildman–Crippen MR) is 94.9 cm³/mol. The summed E-state index contributed by atoms with van der Waals surface area (Å²) >= 11 is 0. The van der Waals surface area contributed by atoms with Gasteiger partial charge < -0.3 is 14.7 Å². The molecule has 2 rings (SSSR count). The van der Waals surface area contributed by atoms with Crippen LogP contribution in [0.15, 0.2) is 12.1 Å². The van der Waals surface area contributed by atoms with E-state index in [1.807, 2.05) is 13.8 Å². The summed E-state index contributed by atoms with van der Waals surface area (Å²) in [4.78, 5) is 23.7. The van der Waals surface area contributed by atoms with E-state index in [0.717, 1.165) is 6.07 Å². The Labute approximate surface area is 157 Å². The molecular weight excluding hydrogens is 363 g/mol. The van der Waals surface area contributed by atoms with Gasteiger partial charge >= 0.3 is 12.1 Å². The number of nitrogens with zero attached hydrogens (tertiary/aromatic N) is 1. The van der Waals surface area contributed by atoms with E-state index in [2.05, 4.69) is 0 Å². The third-order valence-corrected chi connectivity index (χ3v) is 4.35. The van der Waals surface area contributed by atoms with Crippen molar-refractivity contribution < 1.29 is 32.6 Å². The van der Waals surface area contributed by atoms with Crippen LogP contribution in [0, 0.1) is 6.92 Å². The number of hydrogen-bond donors (Lipinski definition) is 1. The van der Waals surface area contributed by atoms with Gasteiger partial charge in [-0.3, -0.25) is 4.79 Å². The molecule has 1 aromatic rings. The highest BCUT2D eigenvalue weighted by molar-refractivity contribution is 5.73. The van der Waals surface area contributed by atoms with Crippen LogP contribution < -0.4 is 4.74 Å². The van der Waals surface area contributed by atoms with Crippen LogP contribution in [0.3, 0.4) is 0 Å². The van der Waals surface area contributed by atoms with Crippen LogP contribution in [-0.2, 0) is 15.8 Å². The van der Waals surface area contributed by atoms with Gasteiger partial charge in [-0.1, -0.05) is 19.9 Å². The number of carboxylic acid groups (broad SMARTS) is 1. The molecule has 1 aromatic carbocycles. The molecule has 0 aliphatic carbocycles. The molecule has 1 aliphatic rings. The van der Waals surface area contributed by atoms with E-state index in [0.29, 0.717) is 31.5 Å². The number of rotatable bonds is 4. The van der Waals surface area contributed by atoms with Crippen LogP contribution in [0.2, 0.25) is 0 Å². The van der Waals surface area contributed by atoms with E-state index in [1.54, 1.807) is 11.0 Å². The lowest BCUT2D eigenvalue weighted by Crippen LogP contribution is -2.36. The molecule has 1 saturated heterocycles. The minimum absolute atomic E-state index is 0.0389. The summed E-state index contributed by atoms with van der Waals surface area (Å²) in [5.74, 6) is -1.90. The standard InChI is InChI=1S/C17H20F3NO4.C2H6/c1-10-7-13(12-3-5-21(6-4-12)11(2)22)8-14(17(18,19)20)16(10)25-9-15(23)24;1-2/h7-8,12H,3-6,9H2,1-2H3,(H,23,24);1-2H3. The lowest BCUT2D eigenvalue weighted by Gasteiger charge is -2.32. The molecule has 1 fully saturated rings. The predicted octanol–water partition coefficient (Wildman–Crippen LogP) is 4.23. The van der Waals surface area contributed by atoms with E-state index >= 15 is 0 Å². The molecule has 27 heavy (non-hydrogen) atoms. The number of aryl methyl sites for hydroxylation is 1. The van der Waals surface area contributed by atoms with Gasteiger partial charge in [0.2, 0.25) is 5.91 Å². The van der Waals surface area contributed by atoms with E-state index in [1.165, 1.54) is 13.8 Å². The third-order valence-electron chi connectivity index (χ3n) is 4.35. The molecular formula is C19H26F3NO4. The zero-order valence-electron chi connectivity index (χ0n) is 16.0. The Hall–Kier alpha value is -2.25. The van der Waals surface area contributed by atoms with Crippen LogP contribution in [-0.4, -0.2) is 41.6 Å². The molecule has 1 aliphatic heterocycles. The first-order chi connectivity index (χ1) is 12.6. The average molecular weight is 389 g/mol. The summed E-state index contributed by atoms with van der Waals surface area (Å²) in [6, 6.07) is 2.65. The molecule has 8 heteroatoms. The summed E-state index contributed by atoms with van der Waals surface area (Å²) in [6.45, 7) is 7.14. The Morgan fingerprint density at radius 2 is 1.78 bits per heavy atom. The molecule has 0 aromatic heterocycles. The second-order valence-corrected chi connectivity index (χ2v) is 6.17. The molecule has 0 bridgehead atoms. The second-order valence-electron chi connectivity index (χ2n) is 6.17. The maximum absolute atomic E-state index is 13.4. The minimum atomic E-state index is -4.64. The monoisotopic (exact) mass is 389 g/mol. The molecule has 5 nitrogen and oxygen atoms in total. The number of hydrogen-bond acceptors (Lipinski definition) is 3. The van der Waals surface area contributed by atoms with Gasteiger partial charge in [0.05, 0.1) is 5.56 Å². The zero-order valence-corrected chi connectivity index (χ0v) is 16.0. The van der Waals surface area contributed by atoms with Gasteiger partial charge in [0.1, 0.15) is 5.75 Å². The van der Waals surface area contributed by atoms with E-state index in [4.69, 9.17) is 9.84 Å². The Morgan fingerprint density at radius 3 is 2.22 bits per heavy atom. The lowest BCUT2D eigenvalue weighted by molar-refractivity contribution is -0.143. The maximum Gasteiger partial charge on any atom is 0.419 e. The molecule has 0 atom stereocenters. The molecule has 0 unspecified atom stereocenters. The van der Waals surface area contributed by atoms with Crippen LogP contribution in [0.4, 0.5) is 13.2 Å². The number of aliphatic carboxylic acids is 1. The average Bonchev–Trinajstić information content (AvgIpc) is 2.61. The van der Waals surface area contributed by atoms with Gasteiger partial charge in [0.15, 0.2) is 6.61 Å². The summed E-state index contributed by atoms with van der Waals surface area (Å²) in [5, 5.41) is 8.65. The van der Waals surface area contributed by atoms with Crippen molar-refractivity contribution in [3.8, 4) is 5.75 Å². The van der Waals surface area contributed by atoms with Gasteiger partial charge in [-0.15, -0.1) is 0 Å². The zero-order chi connectivity index (χ0) is 20.8. The van der Waals surface area contributed by atoms with Crippen molar-refractivity contribution in [2.75, 3.05) is 19.7 Å². The fraction of sp³-hybridized carbons (Fsp3) is 0.579. The number of benzene rings is 1. The highest BCUT2D eigenvalue weighted by Crippen LogP contribution is 2.41. The van der Waals surface area contributed by atoms with Gasteiger partial charge in [-0.25, -0.2) is 4.79 Å². The number of halogens is 3. The number of piperidine rings is 1. The Balaban J connectivity index is 0.00000176. The number of amides is 1. The largest absolute Gasteiger partial charge is 0.481 e. The van der Waals surface area contributed by atoms with Gasteiger partial charge in [0, 0.05) is 20.0 Å². The van der Waals surface area contributed by atoms with Crippen molar-refractivity contribution in [3.05, 3.63) is 28.8 Å². The van der Waals surface area contributed by atoms with Crippen molar-refractivity contribution in [3.63, 3.8) is 0 Å². The Morgan fingerprint density at radius 1 is 1.22 bits per heavy atom. The van der Waals surface area contributed by atoms with Crippen LogP contribution >= 0.6 is 0 Å². The van der Waals surface area contributed by atoms with E-state index in [-0.39, 0.29) is 17.4 Å². The van der Waals surface area contributed by atoms with Gasteiger partial charge in [-0.05, 0) is 42.9 Å². The Bertz CT molecular complexity index is 666. The first-order valence-corrected chi connectivity index (χ1v) is 8.91. The third kappa shape index (κ3) is 6.15. The van der Waals surface area contributed by atoms with Crippen molar-refractivity contribution in [1.82, 2.24) is 4.90 Å². The maximum atomic E-state index is 13.4. The SMILES string of the molecule is CC.CC(=O)N1CCC(c2cc(C)c(OCC(=O)O)c(C(F)(F)F)c2)CC1. The molecule has 1 amide bonds. The van der Waals surface area contributed by atoms with Gasteiger partial charge in [0.25, 0.3) is 0 Å². The quantitative estimate of drug-likeness (QED) is 0.837. The normalized spacial score (nSPS) is 15.0. The molecule has 0 spiro atoms. The van der Waals surface area contributed by atoms with Crippen LogP contribution in [0.25, 0.3) is 0 Å². The fourth-order valence-electron chi connectivity index (χ4n) is 3.10. The van der Waals surface area contributed by atoms with Crippen molar-refractivity contribution >= 4 is 11.9 Å². The number of likely N-dealkylation sites (tertiary alicyclic amines) is 1. The van der Waals surface area contributed by atoms with Gasteiger partial charge in [-0.2, -0.15) is 13.2 Å². The van der Waals surface area contributed by atoms with E-state index < -0.39 is 30.1 Å². The van der Waals surface area contributed by atoms with Crippen molar-refractivity contribution in [2.24, 2.45) is 0 Å². The summed E-state index contributed by atoms with van der Waals surface area (Å²) < 4.78 is 45.0. The number of ether oxygens (including phenoxy) is 1. The summed E-state index contributed by atoms with van der Waals surface area (Å²) in [7, 11) is 0. The summed E-state index contributed by atoms with van der Waals surface area (Å²) in [6.07, 6.45) is -3.47.